The molecule has 0 aliphatic carbocycles. The van der Waals surface area contributed by atoms with Crippen LogP contribution < -0.4 is 15.8 Å². The van der Waals surface area contributed by atoms with E-state index in [2.05, 4.69) is 5.32 Å². The van der Waals surface area contributed by atoms with Crippen molar-refractivity contribution in [3.8, 4) is 11.5 Å². The number of ether oxygens (including phenoxy) is 1. The monoisotopic (exact) mass is 272 g/mol. The average Bonchev–Trinajstić information content (AvgIpc) is 2.47. The molecule has 0 heterocycles. The second-order valence-electron chi connectivity index (χ2n) is 4.25. The normalized spacial score (nSPS) is 10.1. The predicted octanol–water partition coefficient (Wildman–Crippen LogP) is 2.11. The molecule has 0 saturated heterocycles. The molecule has 0 spiro atoms. The Kier molecular flexibility index (Phi) is 4.22. The molecule has 1 amide bonds. The van der Waals surface area contributed by atoms with Crippen molar-refractivity contribution < 1.29 is 14.6 Å². The first kappa shape index (κ1) is 13.9. The molecule has 0 bridgehead atoms. The summed E-state index contributed by atoms with van der Waals surface area (Å²) >= 11 is 0. The predicted molar refractivity (Wildman–Crippen MR) is 76.9 cm³/mol. The van der Waals surface area contributed by atoms with Crippen molar-refractivity contribution in [2.75, 3.05) is 12.4 Å². The first-order valence-electron chi connectivity index (χ1n) is 6.11. The highest BCUT2D eigenvalue weighted by molar-refractivity contribution is 6.04. The minimum atomic E-state index is -0.308. The molecular weight excluding hydrogens is 256 g/mol. The highest BCUT2D eigenvalue weighted by Gasteiger charge is 2.10. The number of rotatable bonds is 4. The smallest absolute Gasteiger partial charge is 0.255 e. The molecule has 0 unspecified atom stereocenters. The lowest BCUT2D eigenvalue weighted by molar-refractivity contribution is 0.102. The summed E-state index contributed by atoms with van der Waals surface area (Å²) < 4.78 is 4.93. The van der Waals surface area contributed by atoms with E-state index in [1.54, 1.807) is 24.3 Å². The SMILES string of the molecule is COc1ccc(C(=O)Nc2cccc(CN)c2)cc1O. The van der Waals surface area contributed by atoms with Gasteiger partial charge in [0.15, 0.2) is 11.5 Å². The Morgan fingerprint density at radius 1 is 1.30 bits per heavy atom. The van der Waals surface area contributed by atoms with Gasteiger partial charge in [0, 0.05) is 17.8 Å². The maximum absolute atomic E-state index is 12.1. The molecular formula is C15H16N2O3. The quantitative estimate of drug-likeness (QED) is 0.795. The minimum absolute atomic E-state index is 0.0733. The Morgan fingerprint density at radius 2 is 2.10 bits per heavy atom. The third kappa shape index (κ3) is 3.07. The van der Waals surface area contributed by atoms with Crippen molar-refractivity contribution in [3.63, 3.8) is 0 Å². The zero-order chi connectivity index (χ0) is 14.5. The van der Waals surface area contributed by atoms with Gasteiger partial charge in [-0.05, 0) is 35.9 Å². The highest BCUT2D eigenvalue weighted by Crippen LogP contribution is 2.26. The number of phenolic OH excluding ortho intramolecular Hbond substituents is 1. The van der Waals surface area contributed by atoms with Crippen LogP contribution in [-0.4, -0.2) is 18.1 Å². The molecule has 5 heteroatoms. The number of hydrogen-bond donors (Lipinski definition) is 3. The van der Waals surface area contributed by atoms with Gasteiger partial charge in [-0.1, -0.05) is 12.1 Å². The number of benzene rings is 2. The van der Waals surface area contributed by atoms with Gasteiger partial charge in [-0.3, -0.25) is 4.79 Å². The number of phenols is 1. The zero-order valence-electron chi connectivity index (χ0n) is 11.1. The molecule has 0 radical (unpaired) electrons. The Labute approximate surface area is 117 Å². The summed E-state index contributed by atoms with van der Waals surface area (Å²) in [5, 5.41) is 12.4. The largest absolute Gasteiger partial charge is 0.504 e. The van der Waals surface area contributed by atoms with Crippen LogP contribution in [-0.2, 0) is 6.54 Å². The second kappa shape index (κ2) is 6.08. The van der Waals surface area contributed by atoms with E-state index in [4.69, 9.17) is 10.5 Å². The lowest BCUT2D eigenvalue weighted by Gasteiger charge is -2.08. The van der Waals surface area contributed by atoms with E-state index in [-0.39, 0.29) is 11.7 Å². The van der Waals surface area contributed by atoms with E-state index in [1.165, 1.54) is 13.2 Å². The summed E-state index contributed by atoms with van der Waals surface area (Å²) in [4.78, 5) is 12.1. The van der Waals surface area contributed by atoms with Gasteiger partial charge in [0.25, 0.3) is 5.91 Å². The minimum Gasteiger partial charge on any atom is -0.504 e. The fourth-order valence-corrected chi connectivity index (χ4v) is 1.81. The fraction of sp³-hybridized carbons (Fsp3) is 0.133. The number of carbonyl (C=O) groups is 1. The molecule has 2 rings (SSSR count). The average molecular weight is 272 g/mol. The van der Waals surface area contributed by atoms with Gasteiger partial charge in [0.1, 0.15) is 0 Å². The molecule has 5 nitrogen and oxygen atoms in total. The molecule has 0 aliphatic rings. The number of anilines is 1. The molecule has 20 heavy (non-hydrogen) atoms. The van der Waals surface area contributed by atoms with Gasteiger partial charge in [0.2, 0.25) is 0 Å². The summed E-state index contributed by atoms with van der Waals surface area (Å²) in [6, 6.07) is 11.8. The van der Waals surface area contributed by atoms with Crippen molar-refractivity contribution in [2.24, 2.45) is 5.73 Å². The molecule has 0 aromatic heterocycles. The van der Waals surface area contributed by atoms with Crippen LogP contribution in [0.4, 0.5) is 5.69 Å². The van der Waals surface area contributed by atoms with Crippen molar-refractivity contribution in [2.45, 2.75) is 6.54 Å². The number of carbonyl (C=O) groups excluding carboxylic acids is 1. The van der Waals surface area contributed by atoms with Gasteiger partial charge in [-0.15, -0.1) is 0 Å². The number of hydrogen-bond acceptors (Lipinski definition) is 4. The van der Waals surface area contributed by atoms with Gasteiger partial charge in [-0.2, -0.15) is 0 Å². The van der Waals surface area contributed by atoms with E-state index in [1.807, 2.05) is 12.1 Å². The maximum Gasteiger partial charge on any atom is 0.255 e. The summed E-state index contributed by atoms with van der Waals surface area (Å²) in [6.07, 6.45) is 0. The van der Waals surface area contributed by atoms with E-state index in [9.17, 15) is 9.90 Å². The van der Waals surface area contributed by atoms with Gasteiger partial charge in [-0.25, -0.2) is 0 Å². The Morgan fingerprint density at radius 3 is 2.75 bits per heavy atom. The Balaban J connectivity index is 2.17. The van der Waals surface area contributed by atoms with E-state index in [0.29, 0.717) is 23.5 Å². The number of aromatic hydroxyl groups is 1. The lowest BCUT2D eigenvalue weighted by atomic mass is 10.1. The number of nitrogens with one attached hydrogen (secondary N) is 1. The molecule has 0 saturated carbocycles. The van der Waals surface area contributed by atoms with E-state index >= 15 is 0 Å². The van der Waals surface area contributed by atoms with Crippen molar-refractivity contribution in [1.29, 1.82) is 0 Å². The Bertz CT molecular complexity index is 626. The van der Waals surface area contributed by atoms with Crippen LogP contribution in [0.25, 0.3) is 0 Å². The number of methoxy groups -OCH3 is 1. The zero-order valence-corrected chi connectivity index (χ0v) is 11.1. The van der Waals surface area contributed by atoms with Crippen LogP contribution in [0, 0.1) is 0 Å². The molecule has 2 aromatic carbocycles. The fourth-order valence-electron chi connectivity index (χ4n) is 1.81. The van der Waals surface area contributed by atoms with Crippen LogP contribution in [0.3, 0.4) is 0 Å². The Hall–Kier alpha value is -2.53. The van der Waals surface area contributed by atoms with Crippen LogP contribution in [0.15, 0.2) is 42.5 Å². The van der Waals surface area contributed by atoms with Crippen molar-refractivity contribution in [1.82, 2.24) is 0 Å². The summed E-state index contributed by atoms with van der Waals surface area (Å²) in [5.41, 5.74) is 7.49. The maximum atomic E-state index is 12.1. The lowest BCUT2D eigenvalue weighted by Crippen LogP contribution is -2.12. The van der Waals surface area contributed by atoms with Crippen LogP contribution in [0.5, 0.6) is 11.5 Å². The summed E-state index contributed by atoms with van der Waals surface area (Å²) in [5.74, 6) is -0.0559. The van der Waals surface area contributed by atoms with Gasteiger partial charge >= 0.3 is 0 Å². The van der Waals surface area contributed by atoms with Crippen molar-refractivity contribution in [3.05, 3.63) is 53.6 Å². The molecule has 0 aliphatic heterocycles. The van der Waals surface area contributed by atoms with E-state index in [0.717, 1.165) is 5.56 Å². The highest BCUT2D eigenvalue weighted by atomic mass is 16.5. The number of nitrogens with two attached hydrogens (primary N) is 1. The molecule has 104 valence electrons. The molecule has 0 fully saturated rings. The topological polar surface area (TPSA) is 84.6 Å². The number of amides is 1. The van der Waals surface area contributed by atoms with Gasteiger partial charge < -0.3 is 20.9 Å². The molecule has 2 aromatic rings. The van der Waals surface area contributed by atoms with Crippen LogP contribution >= 0.6 is 0 Å². The van der Waals surface area contributed by atoms with Crippen LogP contribution in [0.2, 0.25) is 0 Å². The van der Waals surface area contributed by atoms with E-state index < -0.39 is 0 Å². The standard InChI is InChI=1S/C15H16N2O3/c1-20-14-6-5-11(8-13(14)18)15(19)17-12-4-2-3-10(7-12)9-16/h2-8,18H,9,16H2,1H3,(H,17,19). The molecule has 0 atom stereocenters. The van der Waals surface area contributed by atoms with Crippen LogP contribution in [0.1, 0.15) is 15.9 Å². The third-order valence-corrected chi connectivity index (χ3v) is 2.86. The second-order valence-corrected chi connectivity index (χ2v) is 4.25. The summed E-state index contributed by atoms with van der Waals surface area (Å²) in [6.45, 7) is 0.410. The molecule has 4 N–H and O–H groups in total. The van der Waals surface area contributed by atoms with Gasteiger partial charge in [0.05, 0.1) is 7.11 Å². The first-order valence-corrected chi connectivity index (χ1v) is 6.11. The van der Waals surface area contributed by atoms with Crippen molar-refractivity contribution >= 4 is 11.6 Å². The summed E-state index contributed by atoms with van der Waals surface area (Å²) in [7, 11) is 1.45. The third-order valence-electron chi connectivity index (χ3n) is 2.86. The first-order chi connectivity index (χ1) is 9.63.